The minimum atomic E-state index is 0.652. The van der Waals surface area contributed by atoms with Crippen LogP contribution in [0.3, 0.4) is 0 Å². The second-order valence-electron chi connectivity index (χ2n) is 6.45. The zero-order chi connectivity index (χ0) is 12.7. The molecule has 3 atom stereocenters. The van der Waals surface area contributed by atoms with E-state index in [1.165, 1.54) is 32.1 Å². The molecule has 1 aromatic heterocycles. The molecule has 1 aromatic rings. The molecule has 0 bridgehead atoms. The molecule has 2 aliphatic rings. The van der Waals surface area contributed by atoms with Crippen molar-refractivity contribution in [3.63, 3.8) is 0 Å². The fourth-order valence-corrected chi connectivity index (χ4v) is 3.08. The SMILES string of the molecule is Cc1cn(C2CCC(C)C(C)C2)c(NC2CC2)n1. The van der Waals surface area contributed by atoms with E-state index in [4.69, 9.17) is 0 Å². The maximum Gasteiger partial charge on any atom is 0.203 e. The Morgan fingerprint density at radius 2 is 1.94 bits per heavy atom. The first-order valence-corrected chi connectivity index (χ1v) is 7.45. The van der Waals surface area contributed by atoms with Gasteiger partial charge in [-0.15, -0.1) is 0 Å². The van der Waals surface area contributed by atoms with E-state index in [1.807, 2.05) is 0 Å². The molecule has 0 saturated heterocycles. The molecule has 0 spiro atoms. The van der Waals surface area contributed by atoms with Gasteiger partial charge in [0.05, 0.1) is 5.69 Å². The Morgan fingerprint density at radius 1 is 1.17 bits per heavy atom. The first-order chi connectivity index (χ1) is 8.63. The van der Waals surface area contributed by atoms with Crippen LogP contribution in [-0.4, -0.2) is 15.6 Å². The summed E-state index contributed by atoms with van der Waals surface area (Å²) in [6.07, 6.45) is 8.81. The average molecular weight is 247 g/mol. The molecular formula is C15H25N3. The molecule has 3 nitrogen and oxygen atoms in total. The van der Waals surface area contributed by atoms with Crippen LogP contribution in [0.4, 0.5) is 5.95 Å². The highest BCUT2D eigenvalue weighted by Gasteiger charge is 2.29. The number of anilines is 1. The number of hydrogen-bond acceptors (Lipinski definition) is 2. The maximum atomic E-state index is 4.66. The number of hydrogen-bond donors (Lipinski definition) is 1. The summed E-state index contributed by atoms with van der Waals surface area (Å²) in [6.45, 7) is 6.89. The minimum absolute atomic E-state index is 0.652. The van der Waals surface area contributed by atoms with Crippen LogP contribution >= 0.6 is 0 Å². The number of aromatic nitrogens is 2. The summed E-state index contributed by atoms with van der Waals surface area (Å²) in [7, 11) is 0. The third-order valence-electron chi connectivity index (χ3n) is 4.73. The van der Waals surface area contributed by atoms with Crippen molar-refractivity contribution in [2.45, 2.75) is 65.0 Å². The summed E-state index contributed by atoms with van der Waals surface area (Å²) in [5.41, 5.74) is 1.14. The van der Waals surface area contributed by atoms with E-state index in [0.29, 0.717) is 12.1 Å². The van der Waals surface area contributed by atoms with Crippen LogP contribution in [0.25, 0.3) is 0 Å². The Kier molecular flexibility index (Phi) is 3.08. The van der Waals surface area contributed by atoms with E-state index >= 15 is 0 Å². The summed E-state index contributed by atoms with van der Waals surface area (Å²) >= 11 is 0. The van der Waals surface area contributed by atoms with Gasteiger partial charge >= 0.3 is 0 Å². The number of nitrogens with zero attached hydrogens (tertiary/aromatic N) is 2. The molecule has 0 radical (unpaired) electrons. The van der Waals surface area contributed by atoms with E-state index in [2.05, 4.69) is 41.8 Å². The van der Waals surface area contributed by atoms with Crippen LogP contribution in [0.5, 0.6) is 0 Å². The van der Waals surface area contributed by atoms with Crippen LogP contribution < -0.4 is 5.32 Å². The third kappa shape index (κ3) is 2.40. The number of aryl methyl sites for hydroxylation is 1. The standard InChI is InChI=1S/C15H25N3/c1-10-4-7-14(8-11(10)2)18-9-12(3)16-15(18)17-13-5-6-13/h9-11,13-14H,4-8H2,1-3H3,(H,16,17). The minimum Gasteiger partial charge on any atom is -0.353 e. The smallest absolute Gasteiger partial charge is 0.203 e. The lowest BCUT2D eigenvalue weighted by molar-refractivity contribution is 0.212. The van der Waals surface area contributed by atoms with Gasteiger partial charge in [-0.3, -0.25) is 0 Å². The van der Waals surface area contributed by atoms with Gasteiger partial charge in [0.1, 0.15) is 0 Å². The second-order valence-corrected chi connectivity index (χ2v) is 6.45. The van der Waals surface area contributed by atoms with Crippen molar-refractivity contribution in [3.8, 4) is 0 Å². The molecule has 1 heterocycles. The summed E-state index contributed by atoms with van der Waals surface area (Å²) in [5.74, 6) is 2.83. The fraction of sp³-hybridized carbons (Fsp3) is 0.800. The van der Waals surface area contributed by atoms with Crippen LogP contribution in [0.15, 0.2) is 6.20 Å². The van der Waals surface area contributed by atoms with E-state index in [9.17, 15) is 0 Å². The molecule has 3 unspecified atom stereocenters. The predicted octanol–water partition coefficient (Wildman–Crippen LogP) is 3.76. The molecule has 2 saturated carbocycles. The Bertz CT molecular complexity index is 419. The van der Waals surface area contributed by atoms with Gasteiger partial charge in [0.15, 0.2) is 0 Å². The van der Waals surface area contributed by atoms with Crippen molar-refractivity contribution in [2.75, 3.05) is 5.32 Å². The van der Waals surface area contributed by atoms with Gasteiger partial charge in [-0.25, -0.2) is 4.98 Å². The molecule has 2 fully saturated rings. The Balaban J connectivity index is 1.77. The summed E-state index contributed by atoms with van der Waals surface area (Å²) < 4.78 is 2.41. The van der Waals surface area contributed by atoms with Crippen LogP contribution in [0, 0.1) is 18.8 Å². The predicted molar refractivity (Wildman–Crippen MR) is 74.8 cm³/mol. The third-order valence-corrected chi connectivity index (χ3v) is 4.73. The molecule has 0 aliphatic heterocycles. The zero-order valence-corrected chi connectivity index (χ0v) is 11.8. The van der Waals surface area contributed by atoms with Crippen LogP contribution in [0.1, 0.15) is 57.7 Å². The van der Waals surface area contributed by atoms with Crippen molar-refractivity contribution < 1.29 is 0 Å². The molecule has 18 heavy (non-hydrogen) atoms. The number of imidazole rings is 1. The monoisotopic (exact) mass is 247 g/mol. The lowest BCUT2D eigenvalue weighted by Gasteiger charge is -2.33. The van der Waals surface area contributed by atoms with Crippen molar-refractivity contribution in [3.05, 3.63) is 11.9 Å². The largest absolute Gasteiger partial charge is 0.353 e. The Morgan fingerprint density at radius 3 is 2.61 bits per heavy atom. The van der Waals surface area contributed by atoms with E-state index in [-0.39, 0.29) is 0 Å². The molecule has 1 N–H and O–H groups in total. The first-order valence-electron chi connectivity index (χ1n) is 7.45. The highest BCUT2D eigenvalue weighted by molar-refractivity contribution is 5.33. The Hall–Kier alpha value is -0.990. The molecular weight excluding hydrogens is 222 g/mol. The summed E-state index contributed by atoms with van der Waals surface area (Å²) in [5, 5.41) is 3.58. The van der Waals surface area contributed by atoms with Gasteiger partial charge in [-0.05, 0) is 50.9 Å². The van der Waals surface area contributed by atoms with E-state index < -0.39 is 0 Å². The van der Waals surface area contributed by atoms with E-state index in [0.717, 1.165) is 23.5 Å². The molecule has 3 rings (SSSR count). The van der Waals surface area contributed by atoms with Gasteiger partial charge in [0.25, 0.3) is 0 Å². The molecule has 100 valence electrons. The van der Waals surface area contributed by atoms with Crippen LogP contribution in [0.2, 0.25) is 0 Å². The van der Waals surface area contributed by atoms with Gasteiger partial charge in [-0.2, -0.15) is 0 Å². The van der Waals surface area contributed by atoms with Crippen molar-refractivity contribution in [1.29, 1.82) is 0 Å². The normalized spacial score (nSPS) is 32.5. The van der Waals surface area contributed by atoms with Gasteiger partial charge in [0, 0.05) is 18.3 Å². The van der Waals surface area contributed by atoms with Crippen molar-refractivity contribution >= 4 is 5.95 Å². The average Bonchev–Trinajstić information content (AvgIpc) is 3.06. The number of nitrogens with one attached hydrogen (secondary N) is 1. The first kappa shape index (κ1) is 12.1. The lowest BCUT2D eigenvalue weighted by Crippen LogP contribution is -2.24. The second kappa shape index (κ2) is 4.60. The number of rotatable bonds is 3. The summed E-state index contributed by atoms with van der Waals surface area (Å²) in [4.78, 5) is 4.66. The van der Waals surface area contributed by atoms with Crippen molar-refractivity contribution in [1.82, 2.24) is 9.55 Å². The lowest BCUT2D eigenvalue weighted by atomic mass is 9.79. The fourth-order valence-electron chi connectivity index (χ4n) is 3.08. The highest BCUT2D eigenvalue weighted by atomic mass is 15.2. The quantitative estimate of drug-likeness (QED) is 0.881. The molecule has 0 amide bonds. The van der Waals surface area contributed by atoms with Gasteiger partial charge in [0.2, 0.25) is 5.95 Å². The van der Waals surface area contributed by atoms with Gasteiger partial charge < -0.3 is 9.88 Å². The topological polar surface area (TPSA) is 29.9 Å². The maximum absolute atomic E-state index is 4.66. The zero-order valence-electron chi connectivity index (χ0n) is 11.8. The molecule has 0 aromatic carbocycles. The van der Waals surface area contributed by atoms with Crippen LogP contribution in [-0.2, 0) is 0 Å². The summed E-state index contributed by atoms with van der Waals surface area (Å²) in [6, 6.07) is 1.34. The molecule has 3 heteroatoms. The van der Waals surface area contributed by atoms with Crippen molar-refractivity contribution in [2.24, 2.45) is 11.8 Å². The Labute approximate surface area is 110 Å². The van der Waals surface area contributed by atoms with E-state index in [1.54, 1.807) is 0 Å². The van der Waals surface area contributed by atoms with Gasteiger partial charge in [-0.1, -0.05) is 13.8 Å². The molecule has 2 aliphatic carbocycles. The highest BCUT2D eigenvalue weighted by Crippen LogP contribution is 2.38.